The minimum absolute atomic E-state index is 0.409. The molecule has 0 unspecified atom stereocenters. The van der Waals surface area contributed by atoms with Gasteiger partial charge in [0.15, 0.2) is 0 Å². The fourth-order valence-corrected chi connectivity index (χ4v) is 0.949. The summed E-state index contributed by atoms with van der Waals surface area (Å²) in [6, 6.07) is 6.83. The fraction of sp³-hybridized carbons (Fsp3) is 0.111. The molecule has 0 amide bonds. The number of carbonyl (C=O) groups is 1. The molecule has 0 spiro atoms. The summed E-state index contributed by atoms with van der Waals surface area (Å²) in [5.41, 5.74) is 6.05. The van der Waals surface area contributed by atoms with Gasteiger partial charge >= 0.3 is 5.97 Å². The average molecular weight is 178 g/mol. The second-order valence-corrected chi connectivity index (χ2v) is 2.29. The minimum atomic E-state index is -0.416. The van der Waals surface area contributed by atoms with Crippen molar-refractivity contribution in [3.8, 4) is 0 Å². The first-order valence-electron chi connectivity index (χ1n) is 3.71. The van der Waals surface area contributed by atoms with Gasteiger partial charge < -0.3 is 10.5 Å². The summed E-state index contributed by atoms with van der Waals surface area (Å²) in [6.07, 6.45) is 1.14. The largest absolute Gasteiger partial charge is 0.465 e. The van der Waals surface area contributed by atoms with E-state index in [0.29, 0.717) is 11.3 Å². The summed E-state index contributed by atoms with van der Waals surface area (Å²) in [7, 11) is 1.32. The molecule has 0 aliphatic rings. The van der Waals surface area contributed by atoms with E-state index in [1.165, 1.54) is 7.11 Å². The van der Waals surface area contributed by atoms with E-state index in [2.05, 4.69) is 9.73 Å². The number of benzene rings is 1. The molecule has 4 heteroatoms. The minimum Gasteiger partial charge on any atom is -0.465 e. The Morgan fingerprint density at radius 3 is 2.85 bits per heavy atom. The van der Waals surface area contributed by atoms with Crippen molar-refractivity contribution >= 4 is 18.0 Å². The average Bonchev–Trinajstić information content (AvgIpc) is 2.18. The summed E-state index contributed by atoms with van der Waals surface area (Å²) < 4.78 is 4.57. The number of hydrogen-bond donors (Lipinski definition) is 1. The van der Waals surface area contributed by atoms with E-state index < -0.39 is 5.97 Å². The Kier molecular flexibility index (Phi) is 3.03. The molecule has 1 rings (SSSR count). The van der Waals surface area contributed by atoms with Gasteiger partial charge in [-0.05, 0) is 12.1 Å². The van der Waals surface area contributed by atoms with Gasteiger partial charge in [-0.1, -0.05) is 12.1 Å². The monoisotopic (exact) mass is 178 g/mol. The van der Waals surface area contributed by atoms with Gasteiger partial charge in [0.1, 0.15) is 0 Å². The third kappa shape index (κ3) is 2.05. The van der Waals surface area contributed by atoms with Crippen LogP contribution in [0.15, 0.2) is 29.3 Å². The standard InChI is InChI=1S/C9H10N2O2/c1-13-9(12)7-4-2-3-5-8(7)11-6-10/h2-6H,1H3,(H2,10,11). The van der Waals surface area contributed by atoms with E-state index in [4.69, 9.17) is 5.73 Å². The molecule has 0 aliphatic carbocycles. The number of hydrogen-bond acceptors (Lipinski definition) is 3. The third-order valence-electron chi connectivity index (χ3n) is 1.52. The molecule has 13 heavy (non-hydrogen) atoms. The Labute approximate surface area is 76.0 Å². The van der Waals surface area contributed by atoms with Crippen molar-refractivity contribution in [1.82, 2.24) is 0 Å². The Morgan fingerprint density at radius 1 is 1.54 bits per heavy atom. The predicted octanol–water partition coefficient (Wildman–Crippen LogP) is 1.09. The fourth-order valence-electron chi connectivity index (χ4n) is 0.949. The number of methoxy groups -OCH3 is 1. The maximum atomic E-state index is 11.2. The van der Waals surface area contributed by atoms with Crippen molar-refractivity contribution in [2.45, 2.75) is 0 Å². The molecule has 0 saturated carbocycles. The molecule has 1 aromatic carbocycles. The Morgan fingerprint density at radius 2 is 2.23 bits per heavy atom. The van der Waals surface area contributed by atoms with Crippen LogP contribution in [0.4, 0.5) is 5.69 Å². The second kappa shape index (κ2) is 4.25. The number of para-hydroxylation sites is 1. The number of carbonyl (C=O) groups excluding carboxylic acids is 1. The van der Waals surface area contributed by atoms with Crippen molar-refractivity contribution in [2.24, 2.45) is 10.7 Å². The molecule has 0 aliphatic heterocycles. The number of ether oxygens (including phenoxy) is 1. The van der Waals surface area contributed by atoms with Crippen molar-refractivity contribution < 1.29 is 9.53 Å². The number of rotatable bonds is 2. The highest BCUT2D eigenvalue weighted by Crippen LogP contribution is 2.18. The van der Waals surface area contributed by atoms with Crippen molar-refractivity contribution in [3.05, 3.63) is 29.8 Å². The van der Waals surface area contributed by atoms with Gasteiger partial charge in [0, 0.05) is 0 Å². The lowest BCUT2D eigenvalue weighted by Crippen LogP contribution is -2.01. The highest BCUT2D eigenvalue weighted by Gasteiger charge is 2.08. The van der Waals surface area contributed by atoms with Crippen LogP contribution in [0.5, 0.6) is 0 Å². The van der Waals surface area contributed by atoms with Crippen molar-refractivity contribution in [3.63, 3.8) is 0 Å². The maximum Gasteiger partial charge on any atom is 0.340 e. The molecular formula is C9H10N2O2. The number of esters is 1. The van der Waals surface area contributed by atoms with E-state index in [-0.39, 0.29) is 0 Å². The lowest BCUT2D eigenvalue weighted by molar-refractivity contribution is 0.0602. The van der Waals surface area contributed by atoms with Gasteiger partial charge in [-0.25, -0.2) is 9.79 Å². The van der Waals surface area contributed by atoms with Crippen LogP contribution in [0, 0.1) is 0 Å². The molecule has 0 heterocycles. The summed E-state index contributed by atoms with van der Waals surface area (Å²) >= 11 is 0. The van der Waals surface area contributed by atoms with Crippen LogP contribution in [0.1, 0.15) is 10.4 Å². The van der Waals surface area contributed by atoms with E-state index in [1.54, 1.807) is 24.3 Å². The molecule has 0 fully saturated rings. The van der Waals surface area contributed by atoms with Crippen LogP contribution >= 0.6 is 0 Å². The molecule has 0 saturated heterocycles. The summed E-state index contributed by atoms with van der Waals surface area (Å²) in [5.74, 6) is -0.416. The number of aliphatic imine (C=N–C) groups is 1. The summed E-state index contributed by atoms with van der Waals surface area (Å²) in [4.78, 5) is 15.0. The molecule has 4 nitrogen and oxygen atoms in total. The zero-order valence-corrected chi connectivity index (χ0v) is 7.23. The number of nitrogens with two attached hydrogens (primary N) is 1. The molecular weight excluding hydrogens is 168 g/mol. The third-order valence-corrected chi connectivity index (χ3v) is 1.52. The smallest absolute Gasteiger partial charge is 0.340 e. The van der Waals surface area contributed by atoms with Gasteiger partial charge in [0.05, 0.1) is 24.7 Å². The lowest BCUT2D eigenvalue weighted by Gasteiger charge is -2.01. The highest BCUT2D eigenvalue weighted by molar-refractivity contribution is 5.95. The zero-order chi connectivity index (χ0) is 9.68. The van der Waals surface area contributed by atoms with Crippen LogP contribution in [0.2, 0.25) is 0 Å². The van der Waals surface area contributed by atoms with E-state index in [0.717, 1.165) is 6.34 Å². The molecule has 1 aromatic rings. The lowest BCUT2D eigenvalue weighted by atomic mass is 10.2. The Balaban J connectivity index is 3.11. The van der Waals surface area contributed by atoms with Crippen LogP contribution < -0.4 is 5.73 Å². The van der Waals surface area contributed by atoms with Gasteiger partial charge in [0.25, 0.3) is 0 Å². The topological polar surface area (TPSA) is 64.7 Å². The first-order valence-corrected chi connectivity index (χ1v) is 3.71. The molecule has 0 radical (unpaired) electrons. The van der Waals surface area contributed by atoms with E-state index in [9.17, 15) is 4.79 Å². The summed E-state index contributed by atoms with van der Waals surface area (Å²) in [6.45, 7) is 0. The van der Waals surface area contributed by atoms with Crippen LogP contribution in [0.25, 0.3) is 0 Å². The normalized spacial score (nSPS) is 10.2. The molecule has 68 valence electrons. The molecule has 0 bridgehead atoms. The predicted molar refractivity (Wildman–Crippen MR) is 50.1 cm³/mol. The van der Waals surface area contributed by atoms with Gasteiger partial charge in [-0.15, -0.1) is 0 Å². The summed E-state index contributed by atoms with van der Waals surface area (Å²) in [5, 5.41) is 0. The van der Waals surface area contributed by atoms with Crippen LogP contribution in [0.3, 0.4) is 0 Å². The van der Waals surface area contributed by atoms with Gasteiger partial charge in [0.2, 0.25) is 0 Å². The molecule has 2 N–H and O–H groups in total. The van der Waals surface area contributed by atoms with E-state index >= 15 is 0 Å². The van der Waals surface area contributed by atoms with E-state index in [1.807, 2.05) is 0 Å². The van der Waals surface area contributed by atoms with Crippen molar-refractivity contribution in [2.75, 3.05) is 7.11 Å². The Hall–Kier alpha value is -1.84. The SMILES string of the molecule is COC(=O)c1ccccc1N=CN. The quantitative estimate of drug-likeness (QED) is 0.419. The Bertz CT molecular complexity index is 334. The number of nitrogens with zero attached hydrogens (tertiary/aromatic N) is 1. The zero-order valence-electron chi connectivity index (χ0n) is 7.23. The highest BCUT2D eigenvalue weighted by atomic mass is 16.5. The molecule has 0 aromatic heterocycles. The maximum absolute atomic E-state index is 11.2. The van der Waals surface area contributed by atoms with Crippen molar-refractivity contribution in [1.29, 1.82) is 0 Å². The van der Waals surface area contributed by atoms with Crippen LogP contribution in [-0.2, 0) is 4.74 Å². The first-order chi connectivity index (χ1) is 6.29. The van der Waals surface area contributed by atoms with Crippen LogP contribution in [-0.4, -0.2) is 19.4 Å². The second-order valence-electron chi connectivity index (χ2n) is 2.29. The first kappa shape index (κ1) is 9.25. The van der Waals surface area contributed by atoms with Gasteiger partial charge in [-0.3, -0.25) is 0 Å². The van der Waals surface area contributed by atoms with Gasteiger partial charge in [-0.2, -0.15) is 0 Å². The molecule has 0 atom stereocenters.